The van der Waals surface area contributed by atoms with E-state index in [4.69, 9.17) is 4.74 Å². The molecule has 7 nitrogen and oxygen atoms in total. The highest BCUT2D eigenvalue weighted by molar-refractivity contribution is 6.05. The number of carbonyl (C=O) groups excluding carboxylic acids is 2. The number of hydrogen-bond donors (Lipinski definition) is 1. The Bertz CT molecular complexity index is 1050. The first-order valence-electron chi connectivity index (χ1n) is 10.7. The molecular formula is C24H30N4O3. The zero-order valence-corrected chi connectivity index (χ0v) is 18.6. The molecule has 1 N–H and O–H groups in total. The summed E-state index contributed by atoms with van der Waals surface area (Å²) in [6.07, 6.45) is 3.99. The first-order chi connectivity index (χ1) is 14.9. The summed E-state index contributed by atoms with van der Waals surface area (Å²) < 4.78 is 6.65. The lowest BCUT2D eigenvalue weighted by molar-refractivity contribution is -0.140. The maximum absolute atomic E-state index is 13.3. The highest BCUT2D eigenvalue weighted by atomic mass is 16.5. The van der Waals surface area contributed by atoms with Crippen LogP contribution in [0.4, 0.5) is 0 Å². The molecule has 7 heteroatoms. The third kappa shape index (κ3) is 5.48. The fourth-order valence-corrected chi connectivity index (χ4v) is 3.61. The summed E-state index contributed by atoms with van der Waals surface area (Å²) in [5.74, 6) is -0.478. The lowest BCUT2D eigenvalue weighted by Gasteiger charge is -2.19. The van der Waals surface area contributed by atoms with Gasteiger partial charge in [-0.15, -0.1) is 0 Å². The van der Waals surface area contributed by atoms with E-state index in [1.165, 1.54) is 7.11 Å². The van der Waals surface area contributed by atoms with Crippen LogP contribution in [0.15, 0.2) is 42.6 Å². The molecule has 0 aliphatic rings. The van der Waals surface area contributed by atoms with Crippen molar-refractivity contribution in [3.05, 3.63) is 59.4 Å². The van der Waals surface area contributed by atoms with Crippen molar-refractivity contribution < 1.29 is 14.3 Å². The Morgan fingerprint density at radius 2 is 1.97 bits per heavy atom. The Kier molecular flexibility index (Phi) is 7.39. The molecule has 1 aromatic carbocycles. The van der Waals surface area contributed by atoms with E-state index >= 15 is 0 Å². The van der Waals surface area contributed by atoms with E-state index < -0.39 is 0 Å². The van der Waals surface area contributed by atoms with Gasteiger partial charge in [0.2, 0.25) is 0 Å². The van der Waals surface area contributed by atoms with Crippen LogP contribution in [-0.2, 0) is 16.0 Å². The summed E-state index contributed by atoms with van der Waals surface area (Å²) in [5.41, 5.74) is 3.12. The summed E-state index contributed by atoms with van der Waals surface area (Å²) in [6.45, 7) is 6.05. The number of nitrogens with one attached hydrogen (secondary N) is 1. The van der Waals surface area contributed by atoms with Gasteiger partial charge < -0.3 is 10.1 Å². The lowest BCUT2D eigenvalue weighted by Crippen LogP contribution is -2.37. The number of fused-ring (bicyclic) bond motifs is 1. The normalized spacial score (nSPS) is 13.0. The molecule has 164 valence electrons. The minimum absolute atomic E-state index is 0.189. The van der Waals surface area contributed by atoms with E-state index in [9.17, 15) is 9.59 Å². The fourth-order valence-electron chi connectivity index (χ4n) is 3.61. The van der Waals surface area contributed by atoms with Gasteiger partial charge in [0, 0.05) is 18.2 Å². The number of aryl methyl sites for hydroxylation is 1. The van der Waals surface area contributed by atoms with Gasteiger partial charge in [-0.25, -0.2) is 9.67 Å². The number of aromatic nitrogens is 3. The van der Waals surface area contributed by atoms with E-state index in [0.717, 1.165) is 23.1 Å². The number of carbonyl (C=O) groups is 2. The van der Waals surface area contributed by atoms with Crippen molar-refractivity contribution in [2.75, 3.05) is 7.11 Å². The van der Waals surface area contributed by atoms with Crippen LogP contribution < -0.4 is 5.32 Å². The molecule has 3 rings (SSSR count). The Morgan fingerprint density at radius 1 is 1.23 bits per heavy atom. The van der Waals surface area contributed by atoms with Crippen molar-refractivity contribution in [1.29, 1.82) is 0 Å². The monoisotopic (exact) mass is 422 g/mol. The number of hydrogen-bond acceptors (Lipinski definition) is 5. The topological polar surface area (TPSA) is 86.1 Å². The number of nitrogens with zero attached hydrogens (tertiary/aromatic N) is 3. The van der Waals surface area contributed by atoms with Crippen LogP contribution in [-0.4, -0.2) is 39.8 Å². The Labute approximate surface area is 182 Å². The number of ether oxygens (including phenoxy) is 1. The molecule has 3 aromatic rings. The summed E-state index contributed by atoms with van der Waals surface area (Å²) >= 11 is 0. The minimum Gasteiger partial charge on any atom is -0.469 e. The first-order valence-corrected chi connectivity index (χ1v) is 10.7. The smallest absolute Gasteiger partial charge is 0.305 e. The average Bonchev–Trinajstić information content (AvgIpc) is 3.20. The molecule has 0 saturated carbocycles. The second-order valence-corrected chi connectivity index (χ2v) is 7.87. The molecule has 1 amide bonds. The number of pyridine rings is 1. The number of amides is 1. The van der Waals surface area contributed by atoms with Gasteiger partial charge in [-0.05, 0) is 44.7 Å². The lowest BCUT2D eigenvalue weighted by atomic mass is 10.0. The molecule has 0 aliphatic carbocycles. The van der Waals surface area contributed by atoms with Gasteiger partial charge in [0.25, 0.3) is 5.91 Å². The number of rotatable bonds is 9. The molecule has 2 atom stereocenters. The highest BCUT2D eigenvalue weighted by Gasteiger charge is 2.21. The van der Waals surface area contributed by atoms with Gasteiger partial charge in [-0.1, -0.05) is 37.3 Å². The molecule has 31 heavy (non-hydrogen) atoms. The van der Waals surface area contributed by atoms with Gasteiger partial charge in [0.1, 0.15) is 0 Å². The van der Waals surface area contributed by atoms with Gasteiger partial charge >= 0.3 is 5.97 Å². The largest absolute Gasteiger partial charge is 0.469 e. The van der Waals surface area contributed by atoms with Gasteiger partial charge in [-0.2, -0.15) is 5.10 Å². The Hall–Kier alpha value is -3.22. The van der Waals surface area contributed by atoms with Crippen LogP contribution in [0.5, 0.6) is 0 Å². The van der Waals surface area contributed by atoms with E-state index in [-0.39, 0.29) is 30.4 Å². The molecule has 0 unspecified atom stereocenters. The van der Waals surface area contributed by atoms with Crippen molar-refractivity contribution in [1.82, 2.24) is 20.1 Å². The first kappa shape index (κ1) is 22.5. The molecule has 0 bridgehead atoms. The molecular weight excluding hydrogens is 392 g/mol. The summed E-state index contributed by atoms with van der Waals surface area (Å²) in [7, 11) is 1.37. The van der Waals surface area contributed by atoms with Crippen LogP contribution in [0.25, 0.3) is 11.0 Å². The standard InChI is InChI=1S/C24H30N4O3/c1-5-17(3)28-23-21(15-25-28)20(13-16(2)26-23)24(30)27-19(11-12-22(29)31-4)14-18-9-7-6-8-10-18/h6-10,13,15,17,19H,5,11-12,14H2,1-4H3,(H,27,30)/t17-,19-/m1/s1. The average molecular weight is 423 g/mol. The third-order valence-electron chi connectivity index (χ3n) is 5.53. The van der Waals surface area contributed by atoms with E-state index in [1.807, 2.05) is 41.9 Å². The zero-order chi connectivity index (χ0) is 22.4. The Morgan fingerprint density at radius 3 is 2.65 bits per heavy atom. The van der Waals surface area contributed by atoms with E-state index in [2.05, 4.69) is 29.2 Å². The van der Waals surface area contributed by atoms with Crippen LogP contribution in [0.3, 0.4) is 0 Å². The van der Waals surface area contributed by atoms with E-state index in [1.54, 1.807) is 12.3 Å². The van der Waals surface area contributed by atoms with Crippen molar-refractivity contribution in [2.24, 2.45) is 0 Å². The summed E-state index contributed by atoms with van der Waals surface area (Å²) in [5, 5.41) is 8.33. The van der Waals surface area contributed by atoms with Gasteiger partial charge in [-0.3, -0.25) is 9.59 Å². The second kappa shape index (κ2) is 10.2. The fraction of sp³-hybridized carbons (Fsp3) is 0.417. The third-order valence-corrected chi connectivity index (χ3v) is 5.53. The van der Waals surface area contributed by atoms with Crippen LogP contribution in [0, 0.1) is 6.92 Å². The predicted octanol–water partition coefficient (Wildman–Crippen LogP) is 4.01. The maximum atomic E-state index is 13.3. The van der Waals surface area contributed by atoms with Crippen LogP contribution >= 0.6 is 0 Å². The maximum Gasteiger partial charge on any atom is 0.305 e. The van der Waals surface area contributed by atoms with Crippen molar-refractivity contribution in [2.45, 2.75) is 58.5 Å². The minimum atomic E-state index is -0.288. The highest BCUT2D eigenvalue weighted by Crippen LogP contribution is 2.23. The number of methoxy groups -OCH3 is 1. The van der Waals surface area contributed by atoms with Crippen molar-refractivity contribution >= 4 is 22.9 Å². The predicted molar refractivity (Wildman–Crippen MR) is 120 cm³/mol. The molecule has 0 aliphatic heterocycles. The molecule has 0 fully saturated rings. The van der Waals surface area contributed by atoms with Crippen LogP contribution in [0.1, 0.15) is 60.8 Å². The summed E-state index contributed by atoms with van der Waals surface area (Å²) in [4.78, 5) is 29.6. The quantitative estimate of drug-likeness (QED) is 0.527. The van der Waals surface area contributed by atoms with Gasteiger partial charge in [0.05, 0.1) is 30.3 Å². The van der Waals surface area contributed by atoms with Gasteiger partial charge in [0.15, 0.2) is 5.65 Å². The summed E-state index contributed by atoms with van der Waals surface area (Å²) in [6, 6.07) is 11.7. The molecule has 2 heterocycles. The second-order valence-electron chi connectivity index (χ2n) is 7.87. The SMILES string of the molecule is CC[C@@H](C)n1ncc2c(C(=O)N[C@H](CCC(=O)OC)Cc3ccccc3)cc(C)nc21. The van der Waals surface area contributed by atoms with Crippen molar-refractivity contribution in [3.63, 3.8) is 0 Å². The van der Waals surface area contributed by atoms with Crippen molar-refractivity contribution in [3.8, 4) is 0 Å². The van der Waals surface area contributed by atoms with E-state index in [0.29, 0.717) is 24.1 Å². The molecule has 0 radical (unpaired) electrons. The molecule has 2 aromatic heterocycles. The Balaban J connectivity index is 1.87. The molecule has 0 saturated heterocycles. The zero-order valence-electron chi connectivity index (χ0n) is 18.6. The number of esters is 1. The van der Waals surface area contributed by atoms with Crippen LogP contribution in [0.2, 0.25) is 0 Å². The molecule has 0 spiro atoms. The number of benzene rings is 1.